The summed E-state index contributed by atoms with van der Waals surface area (Å²) in [5, 5.41) is 17.2. The van der Waals surface area contributed by atoms with Gasteiger partial charge in [0.2, 0.25) is 0 Å². The Labute approximate surface area is 199 Å². The van der Waals surface area contributed by atoms with Gasteiger partial charge >= 0.3 is 0 Å². The minimum atomic E-state index is -1.20. The highest BCUT2D eigenvalue weighted by Gasteiger charge is 2.27. The molecule has 1 aromatic heterocycles. The van der Waals surface area contributed by atoms with Crippen molar-refractivity contribution in [2.45, 2.75) is 32.8 Å². The van der Waals surface area contributed by atoms with Crippen LogP contribution in [0.3, 0.4) is 0 Å². The number of nitrogens with zero attached hydrogens (tertiary/aromatic N) is 2. The van der Waals surface area contributed by atoms with Crippen molar-refractivity contribution in [3.05, 3.63) is 53.5 Å². The smallest absolute Gasteiger partial charge is 0.191 e. The van der Waals surface area contributed by atoms with Crippen LogP contribution in [-0.4, -0.2) is 43.8 Å². The molecule has 0 amide bonds. The molecular formula is C22H31F2IN4O2. The highest BCUT2D eigenvalue weighted by molar-refractivity contribution is 14.0. The molecule has 2 aromatic rings. The van der Waals surface area contributed by atoms with Gasteiger partial charge in [-0.3, -0.25) is 0 Å². The fourth-order valence-corrected chi connectivity index (χ4v) is 3.53. The fraction of sp³-hybridized carbons (Fsp3) is 0.500. The minimum Gasteiger partial charge on any atom is -0.463 e. The lowest BCUT2D eigenvalue weighted by Crippen LogP contribution is -2.41. The van der Waals surface area contributed by atoms with E-state index in [4.69, 9.17) is 4.42 Å². The van der Waals surface area contributed by atoms with Crippen LogP contribution < -0.4 is 15.5 Å². The van der Waals surface area contributed by atoms with E-state index in [1.165, 1.54) is 12.1 Å². The Kier molecular flexibility index (Phi) is 9.11. The monoisotopic (exact) mass is 548 g/mol. The van der Waals surface area contributed by atoms with Gasteiger partial charge in [0.15, 0.2) is 17.6 Å². The second-order valence-corrected chi connectivity index (χ2v) is 7.96. The largest absolute Gasteiger partial charge is 0.463 e. The quantitative estimate of drug-likeness (QED) is 0.279. The van der Waals surface area contributed by atoms with Crippen molar-refractivity contribution >= 4 is 35.6 Å². The van der Waals surface area contributed by atoms with Crippen LogP contribution in [0.5, 0.6) is 0 Å². The van der Waals surface area contributed by atoms with E-state index >= 15 is 0 Å². The topological polar surface area (TPSA) is 73.0 Å². The first kappa shape index (κ1) is 25.4. The van der Waals surface area contributed by atoms with Gasteiger partial charge in [-0.05, 0) is 57.4 Å². The number of benzene rings is 1. The van der Waals surface area contributed by atoms with E-state index in [9.17, 15) is 13.9 Å². The Morgan fingerprint density at radius 1 is 1.26 bits per heavy atom. The lowest BCUT2D eigenvalue weighted by atomic mass is 10.0. The molecule has 2 atom stereocenters. The van der Waals surface area contributed by atoms with Gasteiger partial charge in [0.1, 0.15) is 17.1 Å². The average Bonchev–Trinajstić information content (AvgIpc) is 3.36. The van der Waals surface area contributed by atoms with Gasteiger partial charge in [0.05, 0.1) is 6.54 Å². The molecule has 0 saturated carbocycles. The van der Waals surface area contributed by atoms with Crippen molar-refractivity contribution < 1.29 is 18.3 Å². The molecule has 1 fully saturated rings. The van der Waals surface area contributed by atoms with E-state index in [0.29, 0.717) is 36.4 Å². The SMILES string of the molecule is CCNC(=NCC(C)(O)c1ccc(C)o1)NCC1CCN(c2ccc(F)c(F)c2)C1.I. The van der Waals surface area contributed by atoms with E-state index in [2.05, 4.69) is 20.5 Å². The van der Waals surface area contributed by atoms with Gasteiger partial charge in [-0.2, -0.15) is 0 Å². The summed E-state index contributed by atoms with van der Waals surface area (Å²) in [6.07, 6.45) is 0.939. The van der Waals surface area contributed by atoms with E-state index < -0.39 is 17.2 Å². The summed E-state index contributed by atoms with van der Waals surface area (Å²) >= 11 is 0. The lowest BCUT2D eigenvalue weighted by Gasteiger charge is -2.21. The summed E-state index contributed by atoms with van der Waals surface area (Å²) in [5.41, 5.74) is -0.505. The third-order valence-corrected chi connectivity index (χ3v) is 5.27. The Bertz CT molecular complexity index is 888. The molecule has 3 N–H and O–H groups in total. The maximum absolute atomic E-state index is 13.5. The zero-order valence-electron chi connectivity index (χ0n) is 18.1. The Hall–Kier alpha value is -1.88. The predicted octanol–water partition coefficient (Wildman–Crippen LogP) is 3.77. The highest BCUT2D eigenvalue weighted by Crippen LogP contribution is 2.25. The van der Waals surface area contributed by atoms with Crippen LogP contribution in [0.1, 0.15) is 31.8 Å². The first-order chi connectivity index (χ1) is 14.3. The summed E-state index contributed by atoms with van der Waals surface area (Å²) < 4.78 is 32.2. The molecular weight excluding hydrogens is 517 g/mol. The first-order valence-electron chi connectivity index (χ1n) is 10.3. The molecule has 1 aromatic carbocycles. The number of anilines is 1. The van der Waals surface area contributed by atoms with Crippen LogP contribution >= 0.6 is 24.0 Å². The van der Waals surface area contributed by atoms with Crippen LogP contribution in [0.2, 0.25) is 0 Å². The zero-order valence-corrected chi connectivity index (χ0v) is 20.5. The molecule has 2 heterocycles. The molecule has 1 aliphatic rings. The van der Waals surface area contributed by atoms with Crippen molar-refractivity contribution in [3.8, 4) is 0 Å². The van der Waals surface area contributed by atoms with Crippen molar-refractivity contribution in [2.75, 3.05) is 37.6 Å². The molecule has 1 saturated heterocycles. The molecule has 1 aliphatic heterocycles. The molecule has 0 radical (unpaired) electrons. The van der Waals surface area contributed by atoms with E-state index in [0.717, 1.165) is 25.3 Å². The van der Waals surface area contributed by atoms with Crippen molar-refractivity contribution in [3.63, 3.8) is 0 Å². The number of furan rings is 1. The molecule has 9 heteroatoms. The van der Waals surface area contributed by atoms with Gasteiger partial charge in [0.25, 0.3) is 0 Å². The number of rotatable bonds is 7. The number of guanidine groups is 1. The molecule has 2 unspecified atom stereocenters. The lowest BCUT2D eigenvalue weighted by molar-refractivity contribution is 0.0428. The highest BCUT2D eigenvalue weighted by atomic mass is 127. The van der Waals surface area contributed by atoms with Gasteiger partial charge < -0.3 is 25.1 Å². The molecule has 3 rings (SSSR count). The third kappa shape index (κ3) is 6.80. The molecule has 6 nitrogen and oxygen atoms in total. The third-order valence-electron chi connectivity index (χ3n) is 5.27. The molecule has 0 spiro atoms. The number of aliphatic hydroxyl groups is 1. The van der Waals surface area contributed by atoms with Crippen LogP contribution in [0.4, 0.5) is 14.5 Å². The van der Waals surface area contributed by atoms with Gasteiger partial charge in [-0.15, -0.1) is 24.0 Å². The zero-order chi connectivity index (χ0) is 21.7. The Balaban J connectivity index is 0.00000341. The van der Waals surface area contributed by atoms with Gasteiger partial charge in [0, 0.05) is 37.9 Å². The average molecular weight is 548 g/mol. The number of aryl methyl sites for hydroxylation is 1. The van der Waals surface area contributed by atoms with Crippen LogP contribution in [-0.2, 0) is 5.60 Å². The summed E-state index contributed by atoms with van der Waals surface area (Å²) in [6.45, 7) is 8.56. The normalized spacial score (nSPS) is 18.5. The summed E-state index contributed by atoms with van der Waals surface area (Å²) in [7, 11) is 0. The number of halogens is 3. The van der Waals surface area contributed by atoms with Crippen molar-refractivity contribution in [2.24, 2.45) is 10.9 Å². The van der Waals surface area contributed by atoms with E-state index in [-0.39, 0.29) is 30.5 Å². The minimum absolute atomic E-state index is 0. The number of aliphatic imine (C=N–C) groups is 1. The summed E-state index contributed by atoms with van der Waals surface area (Å²) in [6, 6.07) is 7.60. The van der Waals surface area contributed by atoms with E-state index in [1.807, 2.05) is 19.9 Å². The standard InChI is InChI=1S/C22H30F2N4O2.HI/c1-4-25-21(27-14-22(3,29)20-8-5-15(2)30-20)26-12-16-9-10-28(13-16)17-6-7-18(23)19(24)11-17;/h5-8,11,16,29H,4,9-10,12-14H2,1-3H3,(H2,25,26,27);1H. The van der Waals surface area contributed by atoms with Crippen molar-refractivity contribution in [1.82, 2.24) is 10.6 Å². The number of nitrogens with one attached hydrogen (secondary N) is 2. The Morgan fingerprint density at radius 3 is 2.68 bits per heavy atom. The molecule has 0 bridgehead atoms. The van der Waals surface area contributed by atoms with Crippen molar-refractivity contribution in [1.29, 1.82) is 0 Å². The Morgan fingerprint density at radius 2 is 2.03 bits per heavy atom. The molecule has 0 aliphatic carbocycles. The fourth-order valence-electron chi connectivity index (χ4n) is 3.53. The summed E-state index contributed by atoms with van der Waals surface area (Å²) in [4.78, 5) is 6.57. The van der Waals surface area contributed by atoms with Gasteiger partial charge in [-0.25, -0.2) is 13.8 Å². The molecule has 31 heavy (non-hydrogen) atoms. The second-order valence-electron chi connectivity index (χ2n) is 7.96. The van der Waals surface area contributed by atoms with Crippen LogP contribution in [0, 0.1) is 24.5 Å². The van der Waals surface area contributed by atoms with Crippen LogP contribution in [0.25, 0.3) is 0 Å². The number of hydrogen-bond acceptors (Lipinski definition) is 4. The maximum Gasteiger partial charge on any atom is 0.191 e. The maximum atomic E-state index is 13.5. The van der Waals surface area contributed by atoms with Crippen LogP contribution in [0.15, 0.2) is 39.7 Å². The number of hydrogen-bond donors (Lipinski definition) is 3. The first-order valence-corrected chi connectivity index (χ1v) is 10.3. The molecule has 172 valence electrons. The van der Waals surface area contributed by atoms with E-state index in [1.54, 1.807) is 19.1 Å². The summed E-state index contributed by atoms with van der Waals surface area (Å²) in [5.74, 6) is 0.531. The second kappa shape index (κ2) is 11.1. The predicted molar refractivity (Wildman–Crippen MR) is 129 cm³/mol. The van der Waals surface area contributed by atoms with Gasteiger partial charge in [-0.1, -0.05) is 0 Å².